The maximum Gasteiger partial charge on any atom is 0.0998 e. The van der Waals surface area contributed by atoms with Gasteiger partial charge in [-0.15, -0.1) is 0 Å². The summed E-state index contributed by atoms with van der Waals surface area (Å²) in [6.45, 7) is 0. The molecule has 3 heteroatoms. The fourth-order valence-corrected chi connectivity index (χ4v) is 1.55. The molecule has 0 spiro atoms. The van der Waals surface area contributed by atoms with Gasteiger partial charge in [0.25, 0.3) is 0 Å². The van der Waals surface area contributed by atoms with Crippen molar-refractivity contribution in [3.8, 4) is 6.07 Å². The van der Waals surface area contributed by atoms with Gasteiger partial charge in [0.05, 0.1) is 11.6 Å². The van der Waals surface area contributed by atoms with Crippen molar-refractivity contribution in [3.05, 3.63) is 64.9 Å². The van der Waals surface area contributed by atoms with Crippen LogP contribution in [-0.4, -0.2) is 4.98 Å². The van der Waals surface area contributed by atoms with E-state index >= 15 is 0 Å². The van der Waals surface area contributed by atoms with E-state index in [9.17, 15) is 0 Å². The van der Waals surface area contributed by atoms with E-state index in [4.69, 9.17) is 16.9 Å². The lowest BCUT2D eigenvalue weighted by Gasteiger charge is -1.98. The third kappa shape index (κ3) is 2.93. The first kappa shape index (κ1) is 11.4. The third-order valence-corrected chi connectivity index (χ3v) is 2.53. The number of hydrogen-bond donors (Lipinski definition) is 0. The van der Waals surface area contributed by atoms with Gasteiger partial charge in [0.15, 0.2) is 0 Å². The van der Waals surface area contributed by atoms with Gasteiger partial charge in [0.2, 0.25) is 0 Å². The summed E-state index contributed by atoms with van der Waals surface area (Å²) >= 11 is 5.80. The average molecular weight is 241 g/mol. The number of nitrogens with zero attached hydrogens (tertiary/aromatic N) is 2. The summed E-state index contributed by atoms with van der Waals surface area (Å²) in [7, 11) is 0. The van der Waals surface area contributed by atoms with Crippen LogP contribution in [0.1, 0.15) is 11.1 Å². The molecule has 0 aliphatic rings. The Morgan fingerprint density at radius 1 is 1.24 bits per heavy atom. The molecule has 0 unspecified atom stereocenters. The van der Waals surface area contributed by atoms with Crippen molar-refractivity contribution in [1.29, 1.82) is 5.26 Å². The van der Waals surface area contributed by atoms with Crippen molar-refractivity contribution in [2.24, 2.45) is 0 Å². The van der Waals surface area contributed by atoms with Crippen molar-refractivity contribution in [1.82, 2.24) is 4.98 Å². The first-order valence-electron chi connectivity index (χ1n) is 5.07. The Bertz CT molecular complexity index is 565. The zero-order valence-electron chi connectivity index (χ0n) is 8.97. The molecule has 0 saturated carbocycles. The van der Waals surface area contributed by atoms with E-state index in [0.29, 0.717) is 10.6 Å². The van der Waals surface area contributed by atoms with Crippen molar-refractivity contribution < 1.29 is 0 Å². The van der Waals surface area contributed by atoms with Crippen molar-refractivity contribution in [2.75, 3.05) is 0 Å². The van der Waals surface area contributed by atoms with Crippen molar-refractivity contribution >= 4 is 23.3 Å². The van der Waals surface area contributed by atoms with E-state index < -0.39 is 0 Å². The van der Waals surface area contributed by atoms with Crippen LogP contribution in [0, 0.1) is 11.3 Å². The van der Waals surface area contributed by atoms with Gasteiger partial charge in [-0.3, -0.25) is 4.98 Å². The zero-order chi connectivity index (χ0) is 12.1. The molecule has 1 aromatic heterocycles. The lowest BCUT2D eigenvalue weighted by atomic mass is 10.1. The number of hydrogen-bond acceptors (Lipinski definition) is 2. The molecular weight excluding hydrogens is 232 g/mol. The first-order valence-corrected chi connectivity index (χ1v) is 5.45. The van der Waals surface area contributed by atoms with Gasteiger partial charge >= 0.3 is 0 Å². The Hall–Kier alpha value is -2.11. The molecule has 82 valence electrons. The SMILES string of the molecule is N#C/C(=C/c1ccc(Cl)cc1)c1cccnc1. The molecular formula is C14H9ClN2. The Morgan fingerprint density at radius 2 is 2.00 bits per heavy atom. The molecule has 1 heterocycles. The normalized spacial score (nSPS) is 10.9. The maximum atomic E-state index is 9.12. The lowest BCUT2D eigenvalue weighted by Crippen LogP contribution is -1.83. The average Bonchev–Trinajstić information content (AvgIpc) is 2.39. The zero-order valence-corrected chi connectivity index (χ0v) is 9.72. The van der Waals surface area contributed by atoms with E-state index in [2.05, 4.69) is 11.1 Å². The highest BCUT2D eigenvalue weighted by atomic mass is 35.5. The lowest BCUT2D eigenvalue weighted by molar-refractivity contribution is 1.31. The fraction of sp³-hybridized carbons (Fsp3) is 0. The Labute approximate surface area is 105 Å². The molecule has 2 nitrogen and oxygen atoms in total. The number of allylic oxidation sites excluding steroid dienone is 1. The fourth-order valence-electron chi connectivity index (χ4n) is 1.43. The Kier molecular flexibility index (Phi) is 3.54. The minimum Gasteiger partial charge on any atom is -0.264 e. The summed E-state index contributed by atoms with van der Waals surface area (Å²) < 4.78 is 0. The molecule has 0 bridgehead atoms. The molecule has 0 fully saturated rings. The smallest absolute Gasteiger partial charge is 0.0998 e. The molecule has 2 rings (SSSR count). The summed E-state index contributed by atoms with van der Waals surface area (Å²) in [6.07, 6.45) is 5.17. The second-order valence-electron chi connectivity index (χ2n) is 3.46. The van der Waals surface area contributed by atoms with Crippen LogP contribution in [0.2, 0.25) is 5.02 Å². The van der Waals surface area contributed by atoms with Gasteiger partial charge in [-0.2, -0.15) is 5.26 Å². The summed E-state index contributed by atoms with van der Waals surface area (Å²) in [5, 5.41) is 9.81. The summed E-state index contributed by atoms with van der Waals surface area (Å²) in [5.41, 5.74) is 2.33. The maximum absolute atomic E-state index is 9.12. The van der Waals surface area contributed by atoms with Crippen LogP contribution < -0.4 is 0 Å². The van der Waals surface area contributed by atoms with Gasteiger partial charge < -0.3 is 0 Å². The highest BCUT2D eigenvalue weighted by Crippen LogP contribution is 2.18. The van der Waals surface area contributed by atoms with E-state index in [1.807, 2.05) is 30.3 Å². The minimum atomic E-state index is 0.584. The molecule has 0 radical (unpaired) electrons. The molecule has 0 aliphatic carbocycles. The van der Waals surface area contributed by atoms with Gasteiger partial charge in [-0.1, -0.05) is 29.8 Å². The number of halogens is 1. The molecule has 17 heavy (non-hydrogen) atoms. The van der Waals surface area contributed by atoms with Crippen LogP contribution in [0.25, 0.3) is 11.6 Å². The van der Waals surface area contributed by atoms with Crippen molar-refractivity contribution in [2.45, 2.75) is 0 Å². The first-order chi connectivity index (χ1) is 8.29. The number of pyridine rings is 1. The topological polar surface area (TPSA) is 36.7 Å². The highest BCUT2D eigenvalue weighted by Gasteiger charge is 2.00. The van der Waals surface area contributed by atoms with Crippen molar-refractivity contribution in [3.63, 3.8) is 0 Å². The van der Waals surface area contributed by atoms with Crippen LogP contribution in [0.15, 0.2) is 48.8 Å². The number of aromatic nitrogens is 1. The third-order valence-electron chi connectivity index (χ3n) is 2.27. The largest absolute Gasteiger partial charge is 0.264 e. The van der Waals surface area contributed by atoms with Crippen LogP contribution in [0.3, 0.4) is 0 Å². The Balaban J connectivity index is 2.37. The number of nitriles is 1. The van der Waals surface area contributed by atoms with E-state index in [1.165, 1.54) is 0 Å². The van der Waals surface area contributed by atoms with Crippen LogP contribution in [0.5, 0.6) is 0 Å². The summed E-state index contributed by atoms with van der Waals surface area (Å²) in [6, 6.07) is 13.2. The number of rotatable bonds is 2. The second kappa shape index (κ2) is 5.29. The summed E-state index contributed by atoms with van der Waals surface area (Å²) in [5.74, 6) is 0. The standard InChI is InChI=1S/C14H9ClN2/c15-14-5-3-11(4-6-14)8-13(9-16)12-2-1-7-17-10-12/h1-8,10H/b13-8-. The molecule has 0 atom stereocenters. The van der Waals surface area contributed by atoms with Gasteiger partial charge in [0.1, 0.15) is 0 Å². The van der Waals surface area contributed by atoms with E-state index in [-0.39, 0.29) is 0 Å². The van der Waals surface area contributed by atoms with Gasteiger partial charge in [-0.25, -0.2) is 0 Å². The predicted octanol–water partition coefficient (Wildman–Crippen LogP) is 3.80. The van der Waals surface area contributed by atoms with E-state index in [0.717, 1.165) is 11.1 Å². The van der Waals surface area contributed by atoms with Crippen LogP contribution >= 0.6 is 11.6 Å². The summed E-state index contributed by atoms with van der Waals surface area (Å²) in [4.78, 5) is 4.00. The number of benzene rings is 1. The molecule has 0 saturated heterocycles. The predicted molar refractivity (Wildman–Crippen MR) is 69.2 cm³/mol. The van der Waals surface area contributed by atoms with Crippen LogP contribution in [-0.2, 0) is 0 Å². The molecule has 0 N–H and O–H groups in total. The molecule has 0 amide bonds. The molecule has 1 aromatic carbocycles. The minimum absolute atomic E-state index is 0.584. The second-order valence-corrected chi connectivity index (χ2v) is 3.90. The monoisotopic (exact) mass is 240 g/mol. The van der Waals surface area contributed by atoms with Gasteiger partial charge in [0, 0.05) is 23.0 Å². The molecule has 0 aliphatic heterocycles. The quantitative estimate of drug-likeness (QED) is 0.749. The molecule has 2 aromatic rings. The van der Waals surface area contributed by atoms with Gasteiger partial charge in [-0.05, 0) is 29.8 Å². The van der Waals surface area contributed by atoms with Crippen LogP contribution in [0.4, 0.5) is 0 Å². The highest BCUT2D eigenvalue weighted by molar-refractivity contribution is 6.30. The van der Waals surface area contributed by atoms with E-state index in [1.54, 1.807) is 24.5 Å². The Morgan fingerprint density at radius 3 is 2.59 bits per heavy atom.